The van der Waals surface area contributed by atoms with E-state index < -0.39 is 7.12 Å². The number of ether oxygens (including phenoxy) is 4. The molecule has 6 aromatic carbocycles. The predicted octanol–water partition coefficient (Wildman–Crippen LogP) is 8.56. The van der Waals surface area contributed by atoms with Crippen molar-refractivity contribution in [3.63, 3.8) is 0 Å². The van der Waals surface area contributed by atoms with Gasteiger partial charge < -0.3 is 37.8 Å². The van der Waals surface area contributed by atoms with Gasteiger partial charge >= 0.3 is 19.1 Å². The van der Waals surface area contributed by atoms with Gasteiger partial charge in [-0.05, 0) is 64.0 Å². The van der Waals surface area contributed by atoms with Crippen LogP contribution in [0.5, 0.6) is 11.5 Å². The Morgan fingerprint density at radius 1 is 0.537 bits per heavy atom. The van der Waals surface area contributed by atoms with Crippen LogP contribution in [0, 0.1) is 0 Å². The van der Waals surface area contributed by atoms with Crippen LogP contribution in [0.2, 0.25) is 0 Å². The fraction of sp³-hybridized carbons (Fsp3) is 0.0952. The smallest absolute Gasteiger partial charge is 0.492 e. The molecule has 0 amide bonds. The van der Waals surface area contributed by atoms with Crippen molar-refractivity contribution in [2.75, 3.05) is 28.4 Å². The minimum atomic E-state index is -1.57. The Morgan fingerprint density at radius 2 is 1.02 bits per heavy atom. The van der Waals surface area contributed by atoms with Gasteiger partial charge in [0.2, 0.25) is 0 Å². The van der Waals surface area contributed by atoms with Crippen molar-refractivity contribution < 1.29 is 47.4 Å². The van der Waals surface area contributed by atoms with Crippen LogP contribution in [0.4, 0.5) is 0 Å². The van der Waals surface area contributed by atoms with E-state index in [0.717, 1.165) is 53.9 Å². The molecule has 0 aliphatic heterocycles. The monoisotopic (exact) mass is 788 g/mol. The quantitative estimate of drug-likeness (QED) is 0.125. The standard InChI is InChI=1S/C21H16O4.C13H11BO4.C8H7BrO2/c1-23-19-12-20-17(14-8-5-6-10-18(14)25-20)11-16(19)13-7-3-4-9-15(13)21(22)24-2;1-17-13-7-12-9(6-10(13)14(15)16)8-4-2-3-5-11(8)18-12;1-11-8(10)6-4-2-3-5-7(6)9/h3-12H,1-2H3;2-7,15-16H,1H3;2-5H,1H3. The first kappa shape index (κ1) is 37.7. The zero-order valence-corrected chi connectivity index (χ0v) is 31.2. The maximum atomic E-state index is 12.2. The molecule has 0 unspecified atom stereocenters. The molecule has 272 valence electrons. The van der Waals surface area contributed by atoms with Gasteiger partial charge in [-0.25, -0.2) is 9.59 Å². The zero-order valence-electron chi connectivity index (χ0n) is 29.7. The number of furan rings is 2. The first-order valence-corrected chi connectivity index (χ1v) is 17.3. The number of carbonyl (C=O) groups is 2. The second-order valence-corrected chi connectivity index (χ2v) is 12.6. The van der Waals surface area contributed by atoms with Crippen LogP contribution in [-0.4, -0.2) is 57.5 Å². The van der Waals surface area contributed by atoms with Crippen molar-refractivity contribution >= 4 is 84.3 Å². The summed E-state index contributed by atoms with van der Waals surface area (Å²) >= 11 is 3.24. The lowest BCUT2D eigenvalue weighted by molar-refractivity contribution is 0.0591. The van der Waals surface area contributed by atoms with Gasteiger partial charge in [-0.1, -0.05) is 66.7 Å². The van der Waals surface area contributed by atoms with Gasteiger partial charge in [0.05, 0.1) is 39.6 Å². The van der Waals surface area contributed by atoms with E-state index in [1.165, 1.54) is 21.3 Å². The molecule has 2 N–H and O–H groups in total. The molecule has 0 atom stereocenters. The van der Waals surface area contributed by atoms with Gasteiger partial charge in [-0.3, -0.25) is 0 Å². The highest BCUT2D eigenvalue weighted by molar-refractivity contribution is 9.10. The van der Waals surface area contributed by atoms with Gasteiger partial charge in [-0.2, -0.15) is 0 Å². The summed E-state index contributed by atoms with van der Waals surface area (Å²) in [5.74, 6) is 0.340. The van der Waals surface area contributed by atoms with E-state index >= 15 is 0 Å². The third kappa shape index (κ3) is 7.67. The zero-order chi connectivity index (χ0) is 38.4. The molecule has 12 heteroatoms. The molecule has 8 rings (SSSR count). The summed E-state index contributed by atoms with van der Waals surface area (Å²) in [6, 6.07) is 37.2. The van der Waals surface area contributed by atoms with Crippen molar-refractivity contribution in [3.05, 3.63) is 137 Å². The average Bonchev–Trinajstić information content (AvgIpc) is 3.77. The highest BCUT2D eigenvalue weighted by atomic mass is 79.9. The van der Waals surface area contributed by atoms with Crippen molar-refractivity contribution in [3.8, 4) is 22.6 Å². The van der Waals surface area contributed by atoms with Crippen LogP contribution in [0.3, 0.4) is 0 Å². The Kier molecular flexibility index (Phi) is 11.7. The topological polar surface area (TPSA) is 138 Å². The summed E-state index contributed by atoms with van der Waals surface area (Å²) in [7, 11) is 4.26. The fourth-order valence-corrected chi connectivity index (χ4v) is 6.47. The summed E-state index contributed by atoms with van der Waals surface area (Å²) < 4.78 is 32.5. The molecular formula is C42H34BBrO10. The Bertz CT molecular complexity index is 2610. The van der Waals surface area contributed by atoms with E-state index in [1.54, 1.807) is 43.5 Å². The van der Waals surface area contributed by atoms with E-state index in [-0.39, 0.29) is 11.9 Å². The molecule has 0 aliphatic carbocycles. The number of para-hydroxylation sites is 2. The Balaban J connectivity index is 0.000000150. The number of benzene rings is 6. The third-order valence-corrected chi connectivity index (χ3v) is 9.30. The second-order valence-electron chi connectivity index (χ2n) is 11.7. The fourth-order valence-electron chi connectivity index (χ4n) is 6.02. The van der Waals surface area contributed by atoms with E-state index in [4.69, 9.17) is 23.0 Å². The number of methoxy groups -OCH3 is 4. The van der Waals surface area contributed by atoms with Crippen molar-refractivity contribution in [1.29, 1.82) is 0 Å². The van der Waals surface area contributed by atoms with E-state index in [1.807, 2.05) is 84.9 Å². The lowest BCUT2D eigenvalue weighted by Crippen LogP contribution is -2.31. The van der Waals surface area contributed by atoms with Gasteiger partial charge in [0.15, 0.2) is 0 Å². The number of carbonyl (C=O) groups excluding carboxylic acids is 2. The lowest BCUT2D eigenvalue weighted by Gasteiger charge is -2.12. The molecule has 0 radical (unpaired) electrons. The van der Waals surface area contributed by atoms with Crippen LogP contribution >= 0.6 is 15.9 Å². The molecule has 0 aliphatic rings. The molecule has 8 aromatic rings. The number of hydrogen-bond acceptors (Lipinski definition) is 10. The Morgan fingerprint density at radius 3 is 1.57 bits per heavy atom. The predicted molar refractivity (Wildman–Crippen MR) is 213 cm³/mol. The van der Waals surface area contributed by atoms with Crippen LogP contribution in [0.25, 0.3) is 55.0 Å². The number of hydrogen-bond donors (Lipinski definition) is 2. The highest BCUT2D eigenvalue weighted by Gasteiger charge is 2.21. The van der Waals surface area contributed by atoms with Gasteiger partial charge in [0.25, 0.3) is 0 Å². The average molecular weight is 789 g/mol. The molecular weight excluding hydrogens is 755 g/mol. The summed E-state index contributed by atoms with van der Waals surface area (Å²) in [4.78, 5) is 23.1. The molecule has 54 heavy (non-hydrogen) atoms. The molecule has 0 spiro atoms. The number of fused-ring (bicyclic) bond motifs is 6. The second kappa shape index (κ2) is 16.7. The van der Waals surface area contributed by atoms with E-state index in [9.17, 15) is 19.6 Å². The van der Waals surface area contributed by atoms with Crippen molar-refractivity contribution in [1.82, 2.24) is 0 Å². The van der Waals surface area contributed by atoms with Crippen molar-refractivity contribution in [2.45, 2.75) is 0 Å². The summed E-state index contributed by atoms with van der Waals surface area (Å²) in [5, 5.41) is 22.5. The van der Waals surface area contributed by atoms with Crippen LogP contribution in [0.1, 0.15) is 20.7 Å². The SMILES string of the molecule is COC(=O)c1ccccc1-c1cc2c(cc1OC)oc1ccccc12.COC(=O)c1ccccc1Br.COc1cc2oc3ccccc3c2cc1B(O)O. The maximum Gasteiger partial charge on any atom is 0.492 e. The Labute approximate surface area is 318 Å². The highest BCUT2D eigenvalue weighted by Crippen LogP contribution is 2.40. The largest absolute Gasteiger partial charge is 0.497 e. The minimum absolute atomic E-state index is 0.322. The molecule has 2 heterocycles. The van der Waals surface area contributed by atoms with E-state index in [0.29, 0.717) is 33.7 Å². The normalized spacial score (nSPS) is 10.6. The lowest BCUT2D eigenvalue weighted by atomic mass is 9.79. The van der Waals surface area contributed by atoms with Crippen LogP contribution in [-0.2, 0) is 9.47 Å². The van der Waals surface area contributed by atoms with Gasteiger partial charge in [0, 0.05) is 49.2 Å². The minimum Gasteiger partial charge on any atom is -0.497 e. The summed E-state index contributed by atoms with van der Waals surface area (Å²) in [5.41, 5.74) is 5.95. The summed E-state index contributed by atoms with van der Waals surface area (Å²) in [6.45, 7) is 0. The maximum absolute atomic E-state index is 12.2. The van der Waals surface area contributed by atoms with Gasteiger partial charge in [-0.15, -0.1) is 0 Å². The number of rotatable bonds is 6. The Hall–Kier alpha value is -6.08. The molecule has 0 fully saturated rings. The third-order valence-electron chi connectivity index (χ3n) is 8.61. The van der Waals surface area contributed by atoms with Crippen molar-refractivity contribution in [2.24, 2.45) is 0 Å². The van der Waals surface area contributed by atoms with E-state index in [2.05, 4.69) is 20.7 Å². The molecule has 0 saturated heterocycles. The molecule has 0 bridgehead atoms. The first-order chi connectivity index (χ1) is 26.2. The summed E-state index contributed by atoms with van der Waals surface area (Å²) in [6.07, 6.45) is 0. The molecule has 2 aromatic heterocycles. The van der Waals surface area contributed by atoms with Crippen LogP contribution in [0.15, 0.2) is 135 Å². The first-order valence-electron chi connectivity index (χ1n) is 16.5. The molecule has 10 nitrogen and oxygen atoms in total. The number of halogens is 1. The van der Waals surface area contributed by atoms with Crippen LogP contribution < -0.4 is 14.9 Å². The van der Waals surface area contributed by atoms with Gasteiger partial charge in [0.1, 0.15) is 33.8 Å². The number of esters is 2. The molecule has 0 saturated carbocycles.